The summed E-state index contributed by atoms with van der Waals surface area (Å²) in [4.78, 5) is 18.5. The summed E-state index contributed by atoms with van der Waals surface area (Å²) in [5, 5.41) is 0.433. The topological polar surface area (TPSA) is 71.8 Å². The molecule has 0 radical (unpaired) electrons. The van der Waals surface area contributed by atoms with Crippen molar-refractivity contribution in [2.24, 2.45) is 0 Å². The Morgan fingerprint density at radius 2 is 2.26 bits per heavy atom. The molecule has 2 aromatic rings. The van der Waals surface area contributed by atoms with Crippen LogP contribution < -0.4 is 0 Å². The highest BCUT2D eigenvalue weighted by molar-refractivity contribution is 8.00. The Bertz CT molecular complexity index is 831. The molecule has 23 heavy (non-hydrogen) atoms. The third-order valence-corrected chi connectivity index (χ3v) is 6.96. The summed E-state index contributed by atoms with van der Waals surface area (Å²) < 4.78 is 25.1. The summed E-state index contributed by atoms with van der Waals surface area (Å²) >= 11 is 1.39. The van der Waals surface area contributed by atoms with Crippen LogP contribution in [0.5, 0.6) is 0 Å². The van der Waals surface area contributed by atoms with E-state index in [-0.39, 0.29) is 28.7 Å². The van der Waals surface area contributed by atoms with Gasteiger partial charge in [0.1, 0.15) is 0 Å². The number of imidazole rings is 1. The zero-order chi connectivity index (χ0) is 16.6. The normalized spacial score (nSPS) is 21.4. The van der Waals surface area contributed by atoms with Crippen molar-refractivity contribution in [2.75, 3.05) is 18.6 Å². The van der Waals surface area contributed by atoms with Gasteiger partial charge in [0, 0.05) is 19.3 Å². The Balaban J connectivity index is 1.70. The lowest BCUT2D eigenvalue weighted by atomic mass is 10.2. The van der Waals surface area contributed by atoms with Crippen LogP contribution in [0.3, 0.4) is 0 Å². The number of rotatable bonds is 4. The summed E-state index contributed by atoms with van der Waals surface area (Å²) in [6, 6.07) is 5.60. The van der Waals surface area contributed by atoms with Crippen LogP contribution in [0.1, 0.15) is 13.3 Å². The van der Waals surface area contributed by atoms with Gasteiger partial charge in [0.05, 0.1) is 28.5 Å². The Morgan fingerprint density at radius 1 is 1.48 bits per heavy atom. The molecule has 0 spiro atoms. The lowest BCUT2D eigenvalue weighted by Crippen LogP contribution is -2.41. The molecule has 0 aliphatic carbocycles. The largest absolute Gasteiger partial charge is 0.341 e. The average molecular weight is 353 g/mol. The second-order valence-electron chi connectivity index (χ2n) is 5.80. The van der Waals surface area contributed by atoms with Gasteiger partial charge >= 0.3 is 0 Å². The van der Waals surface area contributed by atoms with Gasteiger partial charge in [0.25, 0.3) is 0 Å². The highest BCUT2D eigenvalue weighted by Gasteiger charge is 2.34. The molecule has 1 saturated heterocycles. The molecule has 2 unspecified atom stereocenters. The van der Waals surface area contributed by atoms with Crippen LogP contribution >= 0.6 is 11.8 Å². The highest BCUT2D eigenvalue weighted by Crippen LogP contribution is 2.26. The third-order valence-electron chi connectivity index (χ3n) is 4.14. The Morgan fingerprint density at radius 3 is 2.96 bits per heavy atom. The molecule has 2 aromatic heterocycles. The van der Waals surface area contributed by atoms with Crippen LogP contribution in [0.2, 0.25) is 0 Å². The van der Waals surface area contributed by atoms with Crippen molar-refractivity contribution < 1.29 is 13.2 Å². The first kappa shape index (κ1) is 16.3. The van der Waals surface area contributed by atoms with Gasteiger partial charge in [-0.1, -0.05) is 17.8 Å². The first-order chi connectivity index (χ1) is 10.9. The van der Waals surface area contributed by atoms with Crippen molar-refractivity contribution >= 4 is 33.0 Å². The zero-order valence-corrected chi connectivity index (χ0v) is 14.7. The first-order valence-corrected chi connectivity index (χ1v) is 10.1. The Hall–Kier alpha value is -1.54. The molecule has 0 N–H and O–H groups in total. The van der Waals surface area contributed by atoms with Gasteiger partial charge in [-0.05, 0) is 25.5 Å². The molecule has 3 heterocycles. The summed E-state index contributed by atoms with van der Waals surface area (Å²) in [7, 11) is -1.31. The van der Waals surface area contributed by atoms with Gasteiger partial charge in [-0.25, -0.2) is 13.4 Å². The van der Waals surface area contributed by atoms with Gasteiger partial charge in [-0.2, -0.15) is 0 Å². The number of fused-ring (bicyclic) bond motifs is 1. The number of hydrogen-bond donors (Lipinski definition) is 0. The molecule has 0 aromatic carbocycles. The second kappa shape index (κ2) is 6.16. The number of amides is 1. The number of pyridine rings is 1. The smallest absolute Gasteiger partial charge is 0.235 e. The number of thioether (sulfide) groups is 1. The van der Waals surface area contributed by atoms with Crippen LogP contribution in [-0.2, 0) is 14.6 Å². The third kappa shape index (κ3) is 3.37. The molecular formula is C15H19N3O3S2. The molecule has 8 heteroatoms. The van der Waals surface area contributed by atoms with E-state index in [4.69, 9.17) is 0 Å². The van der Waals surface area contributed by atoms with E-state index >= 15 is 0 Å². The van der Waals surface area contributed by atoms with Crippen molar-refractivity contribution in [3.63, 3.8) is 0 Å². The SMILES string of the molecule is CC(Sc1ncc2ccccn12)C(=O)N(C)C1CCS(=O)(=O)C1. The maximum absolute atomic E-state index is 12.6. The monoisotopic (exact) mass is 353 g/mol. The summed E-state index contributed by atoms with van der Waals surface area (Å²) in [6.07, 6.45) is 4.20. The molecule has 0 bridgehead atoms. The number of hydrogen-bond acceptors (Lipinski definition) is 5. The van der Waals surface area contributed by atoms with Crippen molar-refractivity contribution in [1.82, 2.24) is 14.3 Å². The van der Waals surface area contributed by atoms with E-state index in [1.807, 2.05) is 35.7 Å². The minimum absolute atomic E-state index is 0.0650. The highest BCUT2D eigenvalue weighted by atomic mass is 32.2. The van der Waals surface area contributed by atoms with Crippen LogP contribution in [-0.4, -0.2) is 58.5 Å². The van der Waals surface area contributed by atoms with Crippen LogP contribution in [0.15, 0.2) is 35.7 Å². The van der Waals surface area contributed by atoms with Crippen LogP contribution in [0.25, 0.3) is 5.52 Å². The average Bonchev–Trinajstić information content (AvgIpc) is 3.09. The minimum Gasteiger partial charge on any atom is -0.341 e. The summed E-state index contributed by atoms with van der Waals surface area (Å²) in [5.74, 6) is 0.172. The maximum Gasteiger partial charge on any atom is 0.235 e. The molecule has 1 fully saturated rings. The van der Waals surface area contributed by atoms with E-state index in [1.54, 1.807) is 18.1 Å². The fourth-order valence-electron chi connectivity index (χ4n) is 2.76. The molecular weight excluding hydrogens is 334 g/mol. The number of aromatic nitrogens is 2. The predicted molar refractivity (Wildman–Crippen MR) is 90.3 cm³/mol. The van der Waals surface area contributed by atoms with Gasteiger partial charge in [-0.3, -0.25) is 9.20 Å². The van der Waals surface area contributed by atoms with Crippen molar-refractivity contribution in [2.45, 2.75) is 29.8 Å². The number of nitrogens with zero attached hydrogens (tertiary/aromatic N) is 3. The van der Waals surface area contributed by atoms with E-state index in [0.717, 1.165) is 10.7 Å². The fourth-order valence-corrected chi connectivity index (χ4v) is 5.51. The van der Waals surface area contributed by atoms with Gasteiger partial charge in [0.15, 0.2) is 15.0 Å². The molecule has 0 saturated carbocycles. The zero-order valence-electron chi connectivity index (χ0n) is 13.0. The van der Waals surface area contributed by atoms with Gasteiger partial charge < -0.3 is 4.90 Å². The minimum atomic E-state index is -3.00. The number of sulfone groups is 1. The van der Waals surface area contributed by atoms with Crippen LogP contribution in [0.4, 0.5) is 0 Å². The quantitative estimate of drug-likeness (QED) is 0.778. The van der Waals surface area contributed by atoms with E-state index < -0.39 is 9.84 Å². The lowest BCUT2D eigenvalue weighted by Gasteiger charge is -2.26. The standard InChI is InChI=1S/C15H19N3O3S2/c1-11(14(19)17(2)13-6-8-23(20,21)10-13)22-15-16-9-12-5-3-4-7-18(12)15/h3-5,7,9,11,13H,6,8,10H2,1-2H3. The molecule has 124 valence electrons. The Kier molecular flexibility index (Phi) is 4.37. The van der Waals surface area contributed by atoms with E-state index in [0.29, 0.717) is 6.42 Å². The van der Waals surface area contributed by atoms with Crippen LogP contribution in [0, 0.1) is 0 Å². The molecule has 1 amide bonds. The summed E-state index contributed by atoms with van der Waals surface area (Å²) in [5.41, 5.74) is 0.977. The number of carbonyl (C=O) groups excluding carboxylic acids is 1. The van der Waals surface area contributed by atoms with E-state index in [9.17, 15) is 13.2 Å². The lowest BCUT2D eigenvalue weighted by molar-refractivity contribution is -0.130. The van der Waals surface area contributed by atoms with E-state index in [2.05, 4.69) is 4.98 Å². The molecule has 6 nitrogen and oxygen atoms in total. The van der Waals surface area contributed by atoms with E-state index in [1.165, 1.54) is 11.8 Å². The summed E-state index contributed by atoms with van der Waals surface area (Å²) in [6.45, 7) is 1.83. The molecule has 3 rings (SSSR count). The molecule has 2 atom stereocenters. The first-order valence-electron chi connectivity index (χ1n) is 7.43. The van der Waals surface area contributed by atoms with Gasteiger partial charge in [-0.15, -0.1) is 0 Å². The van der Waals surface area contributed by atoms with Crippen molar-refractivity contribution in [3.8, 4) is 0 Å². The molecule has 1 aliphatic heterocycles. The van der Waals surface area contributed by atoms with Crippen molar-refractivity contribution in [1.29, 1.82) is 0 Å². The number of carbonyl (C=O) groups is 1. The predicted octanol–water partition coefficient (Wildman–Crippen LogP) is 1.46. The van der Waals surface area contributed by atoms with Gasteiger partial charge in [0.2, 0.25) is 5.91 Å². The van der Waals surface area contributed by atoms with Crippen molar-refractivity contribution in [3.05, 3.63) is 30.6 Å². The second-order valence-corrected chi connectivity index (χ2v) is 9.34. The maximum atomic E-state index is 12.6. The fraction of sp³-hybridized carbons (Fsp3) is 0.467. The molecule has 1 aliphatic rings. The Labute approximate surface area is 139 Å².